The summed E-state index contributed by atoms with van der Waals surface area (Å²) >= 11 is 0. The molecule has 1 atom stereocenters. The number of ether oxygens (including phenoxy) is 1. The SMILES string of the molecule is CCC1(CC)NC(=O)CN(C2CCOC2)C1=O. The summed E-state index contributed by atoms with van der Waals surface area (Å²) in [6.45, 7) is 5.30. The summed E-state index contributed by atoms with van der Waals surface area (Å²) < 4.78 is 5.30. The van der Waals surface area contributed by atoms with Gasteiger partial charge < -0.3 is 15.0 Å². The van der Waals surface area contributed by atoms with Gasteiger partial charge in [-0.05, 0) is 19.3 Å². The number of amides is 2. The maximum atomic E-state index is 12.5. The molecule has 0 aliphatic carbocycles. The molecule has 17 heavy (non-hydrogen) atoms. The van der Waals surface area contributed by atoms with Crippen molar-refractivity contribution in [2.45, 2.75) is 44.7 Å². The van der Waals surface area contributed by atoms with Crippen LogP contribution in [-0.4, -0.2) is 48.1 Å². The molecule has 1 unspecified atom stereocenters. The maximum absolute atomic E-state index is 12.5. The van der Waals surface area contributed by atoms with Crippen molar-refractivity contribution in [3.63, 3.8) is 0 Å². The van der Waals surface area contributed by atoms with Crippen LogP contribution in [0.1, 0.15) is 33.1 Å². The number of piperazine rings is 1. The van der Waals surface area contributed by atoms with E-state index in [2.05, 4.69) is 5.32 Å². The lowest BCUT2D eigenvalue weighted by Crippen LogP contribution is -2.68. The zero-order chi connectivity index (χ0) is 12.5. The minimum Gasteiger partial charge on any atom is -0.379 e. The smallest absolute Gasteiger partial charge is 0.249 e. The van der Waals surface area contributed by atoms with Crippen LogP contribution in [0.3, 0.4) is 0 Å². The average molecular weight is 240 g/mol. The van der Waals surface area contributed by atoms with Gasteiger partial charge in [0.25, 0.3) is 0 Å². The Kier molecular flexibility index (Phi) is 3.38. The molecule has 0 radical (unpaired) electrons. The number of carbonyl (C=O) groups excluding carboxylic acids is 2. The van der Waals surface area contributed by atoms with Gasteiger partial charge in [0, 0.05) is 6.61 Å². The van der Waals surface area contributed by atoms with Gasteiger partial charge in [-0.15, -0.1) is 0 Å². The first kappa shape index (κ1) is 12.4. The molecule has 0 aromatic carbocycles. The highest BCUT2D eigenvalue weighted by molar-refractivity contribution is 5.98. The normalized spacial score (nSPS) is 28.4. The molecule has 0 aromatic rings. The van der Waals surface area contributed by atoms with Crippen LogP contribution in [0, 0.1) is 0 Å². The Hall–Kier alpha value is -1.10. The molecule has 0 spiro atoms. The second-order valence-corrected chi connectivity index (χ2v) is 4.79. The number of hydrogen-bond acceptors (Lipinski definition) is 3. The number of nitrogens with one attached hydrogen (secondary N) is 1. The lowest BCUT2D eigenvalue weighted by molar-refractivity contribution is -0.152. The molecule has 96 valence electrons. The van der Waals surface area contributed by atoms with Crippen LogP contribution in [-0.2, 0) is 14.3 Å². The Bertz CT molecular complexity index is 320. The quantitative estimate of drug-likeness (QED) is 0.771. The van der Waals surface area contributed by atoms with Crippen LogP contribution in [0.5, 0.6) is 0 Å². The molecule has 0 aromatic heterocycles. The van der Waals surface area contributed by atoms with Crippen LogP contribution < -0.4 is 5.32 Å². The van der Waals surface area contributed by atoms with Crippen molar-refractivity contribution >= 4 is 11.8 Å². The molecule has 2 aliphatic rings. The van der Waals surface area contributed by atoms with Crippen molar-refractivity contribution < 1.29 is 14.3 Å². The minimum atomic E-state index is -0.697. The average Bonchev–Trinajstić information content (AvgIpc) is 2.85. The molecule has 2 heterocycles. The third-order valence-corrected chi connectivity index (χ3v) is 3.92. The van der Waals surface area contributed by atoms with Gasteiger partial charge in [0.05, 0.1) is 12.6 Å². The van der Waals surface area contributed by atoms with Crippen molar-refractivity contribution in [1.82, 2.24) is 10.2 Å². The summed E-state index contributed by atoms with van der Waals surface area (Å²) in [6.07, 6.45) is 2.11. The molecular formula is C12H20N2O3. The molecular weight excluding hydrogens is 220 g/mol. The highest BCUT2D eigenvalue weighted by atomic mass is 16.5. The molecule has 5 heteroatoms. The Balaban J connectivity index is 2.21. The fourth-order valence-electron chi connectivity index (χ4n) is 2.65. The summed E-state index contributed by atoms with van der Waals surface area (Å²) in [7, 11) is 0. The Labute approximate surface area is 101 Å². The Morgan fingerprint density at radius 1 is 1.41 bits per heavy atom. The van der Waals surface area contributed by atoms with Gasteiger partial charge >= 0.3 is 0 Å². The summed E-state index contributed by atoms with van der Waals surface area (Å²) in [6, 6.07) is 0.0750. The first-order chi connectivity index (χ1) is 8.13. The maximum Gasteiger partial charge on any atom is 0.249 e. The van der Waals surface area contributed by atoms with Crippen molar-refractivity contribution in [3.8, 4) is 0 Å². The van der Waals surface area contributed by atoms with Gasteiger partial charge in [-0.1, -0.05) is 13.8 Å². The number of rotatable bonds is 3. The zero-order valence-electron chi connectivity index (χ0n) is 10.5. The van der Waals surface area contributed by atoms with Crippen molar-refractivity contribution in [3.05, 3.63) is 0 Å². The van der Waals surface area contributed by atoms with Gasteiger partial charge in [-0.3, -0.25) is 9.59 Å². The highest BCUT2D eigenvalue weighted by Gasteiger charge is 2.46. The molecule has 0 saturated carbocycles. The fraction of sp³-hybridized carbons (Fsp3) is 0.833. The van der Waals surface area contributed by atoms with Gasteiger partial charge in [0.2, 0.25) is 11.8 Å². The van der Waals surface area contributed by atoms with Gasteiger partial charge in [0.15, 0.2) is 0 Å². The Morgan fingerprint density at radius 2 is 2.12 bits per heavy atom. The van der Waals surface area contributed by atoms with E-state index < -0.39 is 5.54 Å². The topological polar surface area (TPSA) is 58.6 Å². The summed E-state index contributed by atoms with van der Waals surface area (Å²) in [5.74, 6) is -0.00204. The lowest BCUT2D eigenvalue weighted by atomic mass is 9.88. The molecule has 0 bridgehead atoms. The van der Waals surface area contributed by atoms with E-state index in [-0.39, 0.29) is 24.4 Å². The van der Waals surface area contributed by atoms with Crippen molar-refractivity contribution in [1.29, 1.82) is 0 Å². The van der Waals surface area contributed by atoms with Crippen LogP contribution in [0.4, 0.5) is 0 Å². The van der Waals surface area contributed by atoms with E-state index in [0.29, 0.717) is 26.1 Å². The van der Waals surface area contributed by atoms with Crippen LogP contribution in [0.25, 0.3) is 0 Å². The third-order valence-electron chi connectivity index (χ3n) is 3.92. The first-order valence-electron chi connectivity index (χ1n) is 6.33. The standard InChI is InChI=1S/C12H20N2O3/c1-3-12(4-2)11(16)14(7-10(15)13-12)9-5-6-17-8-9/h9H,3-8H2,1-2H3,(H,13,15). The number of carbonyl (C=O) groups is 2. The van der Waals surface area contributed by atoms with Crippen molar-refractivity contribution in [2.24, 2.45) is 0 Å². The van der Waals surface area contributed by atoms with Crippen molar-refractivity contribution in [2.75, 3.05) is 19.8 Å². The summed E-state index contributed by atoms with van der Waals surface area (Å²) in [5, 5.41) is 2.86. The minimum absolute atomic E-state index is 0.0533. The van der Waals surface area contributed by atoms with E-state index >= 15 is 0 Å². The zero-order valence-corrected chi connectivity index (χ0v) is 10.5. The van der Waals surface area contributed by atoms with E-state index in [1.165, 1.54) is 0 Å². The van der Waals surface area contributed by atoms with E-state index in [1.54, 1.807) is 4.90 Å². The highest BCUT2D eigenvalue weighted by Crippen LogP contribution is 2.25. The number of hydrogen-bond donors (Lipinski definition) is 1. The van der Waals surface area contributed by atoms with Gasteiger partial charge in [-0.2, -0.15) is 0 Å². The molecule has 2 fully saturated rings. The predicted molar refractivity (Wildman–Crippen MR) is 62.4 cm³/mol. The summed E-state index contributed by atoms with van der Waals surface area (Å²) in [5.41, 5.74) is -0.697. The first-order valence-corrected chi connectivity index (χ1v) is 6.33. The third kappa shape index (κ3) is 2.04. The van der Waals surface area contributed by atoms with E-state index in [4.69, 9.17) is 4.74 Å². The molecule has 2 aliphatic heterocycles. The van der Waals surface area contributed by atoms with Crippen LogP contribution in [0.2, 0.25) is 0 Å². The predicted octanol–water partition coefficient (Wildman–Crippen LogP) is 0.292. The van der Waals surface area contributed by atoms with Gasteiger partial charge in [0.1, 0.15) is 12.1 Å². The molecule has 2 amide bonds. The number of nitrogens with zero attached hydrogens (tertiary/aromatic N) is 1. The molecule has 2 rings (SSSR count). The van der Waals surface area contributed by atoms with Crippen LogP contribution >= 0.6 is 0 Å². The second kappa shape index (κ2) is 4.64. The second-order valence-electron chi connectivity index (χ2n) is 4.79. The molecule has 2 saturated heterocycles. The van der Waals surface area contributed by atoms with E-state index in [1.807, 2.05) is 13.8 Å². The van der Waals surface area contributed by atoms with Crippen LogP contribution in [0.15, 0.2) is 0 Å². The molecule has 1 N–H and O–H groups in total. The largest absolute Gasteiger partial charge is 0.379 e. The lowest BCUT2D eigenvalue weighted by Gasteiger charge is -2.43. The van der Waals surface area contributed by atoms with Gasteiger partial charge in [-0.25, -0.2) is 0 Å². The monoisotopic (exact) mass is 240 g/mol. The summed E-state index contributed by atoms with van der Waals surface area (Å²) in [4.78, 5) is 26.0. The fourth-order valence-corrected chi connectivity index (χ4v) is 2.65. The molecule has 5 nitrogen and oxygen atoms in total. The Morgan fingerprint density at radius 3 is 2.65 bits per heavy atom. The van der Waals surface area contributed by atoms with E-state index in [0.717, 1.165) is 6.42 Å². The van der Waals surface area contributed by atoms with E-state index in [9.17, 15) is 9.59 Å².